The zero-order valence-corrected chi connectivity index (χ0v) is 8.90. The number of carboxylic acid groups (broad SMARTS) is 1. The van der Waals surface area contributed by atoms with Gasteiger partial charge in [-0.1, -0.05) is 0 Å². The molecule has 0 aromatic heterocycles. The average molecular weight is 199 g/mol. The largest absolute Gasteiger partial charge is 0.480 e. The van der Waals surface area contributed by atoms with Crippen molar-refractivity contribution in [1.82, 2.24) is 9.80 Å². The van der Waals surface area contributed by atoms with Crippen molar-refractivity contribution in [3.05, 3.63) is 0 Å². The Morgan fingerprint density at radius 1 is 1.50 bits per heavy atom. The normalized spacial score (nSPS) is 12.9. The Morgan fingerprint density at radius 2 is 2.07 bits per heavy atom. The van der Waals surface area contributed by atoms with Crippen LogP contribution in [0.25, 0.3) is 0 Å². The quantitative estimate of drug-likeness (QED) is 0.644. The van der Waals surface area contributed by atoms with Gasteiger partial charge in [0.2, 0.25) is 0 Å². The fourth-order valence-corrected chi connectivity index (χ4v) is 0.993. The van der Waals surface area contributed by atoms with E-state index in [4.69, 9.17) is 10.4 Å². The molecule has 5 heteroatoms. The van der Waals surface area contributed by atoms with Crippen molar-refractivity contribution in [3.63, 3.8) is 0 Å². The summed E-state index contributed by atoms with van der Waals surface area (Å²) < 4.78 is 0. The molecule has 0 radical (unpaired) electrons. The van der Waals surface area contributed by atoms with Gasteiger partial charge in [0, 0.05) is 13.1 Å². The molecule has 0 amide bonds. The monoisotopic (exact) mass is 199 g/mol. The molecule has 1 unspecified atom stereocenters. The third-order valence-corrected chi connectivity index (χ3v) is 1.91. The minimum Gasteiger partial charge on any atom is -0.480 e. The highest BCUT2D eigenvalue weighted by Crippen LogP contribution is 1.97. The molecule has 0 aromatic rings. The number of carbonyl (C=O) groups is 1. The summed E-state index contributed by atoms with van der Waals surface area (Å²) in [6.45, 7) is 2.97. The molecule has 0 rings (SSSR count). The van der Waals surface area contributed by atoms with E-state index >= 15 is 0 Å². The molecule has 1 N–H and O–H groups in total. The molecule has 0 aliphatic rings. The van der Waals surface area contributed by atoms with E-state index in [0.29, 0.717) is 6.54 Å². The van der Waals surface area contributed by atoms with Gasteiger partial charge in [-0.25, -0.2) is 0 Å². The van der Waals surface area contributed by atoms with Gasteiger partial charge in [0.15, 0.2) is 0 Å². The summed E-state index contributed by atoms with van der Waals surface area (Å²) in [5.74, 6) is -0.897. The molecule has 0 saturated heterocycles. The van der Waals surface area contributed by atoms with Crippen molar-refractivity contribution in [1.29, 1.82) is 5.26 Å². The van der Waals surface area contributed by atoms with Crippen molar-refractivity contribution in [2.45, 2.75) is 13.0 Å². The molecule has 1 atom stereocenters. The molecular weight excluding hydrogens is 182 g/mol. The predicted molar refractivity (Wildman–Crippen MR) is 52.8 cm³/mol. The molecule has 0 aliphatic carbocycles. The lowest BCUT2D eigenvalue weighted by molar-refractivity contribution is -0.138. The molecule has 0 saturated carbocycles. The van der Waals surface area contributed by atoms with Crippen molar-refractivity contribution in [2.24, 2.45) is 0 Å². The van der Waals surface area contributed by atoms with Crippen molar-refractivity contribution in [2.75, 3.05) is 33.7 Å². The van der Waals surface area contributed by atoms with Crippen LogP contribution in [-0.2, 0) is 4.79 Å². The van der Waals surface area contributed by atoms with Crippen LogP contribution in [0, 0.1) is 11.3 Å². The van der Waals surface area contributed by atoms with Gasteiger partial charge in [-0.2, -0.15) is 5.26 Å². The standard InChI is InChI=1S/C9H17N3O2/c1-8(6-10)12(7-9(13)14)5-4-11(2)3/h8H,4-5,7H2,1-3H3,(H,13,14). The minimum absolute atomic E-state index is 0.0808. The minimum atomic E-state index is -0.897. The van der Waals surface area contributed by atoms with E-state index < -0.39 is 5.97 Å². The van der Waals surface area contributed by atoms with E-state index in [9.17, 15) is 4.79 Å². The van der Waals surface area contributed by atoms with E-state index in [2.05, 4.69) is 0 Å². The van der Waals surface area contributed by atoms with Crippen LogP contribution in [-0.4, -0.2) is 60.6 Å². The highest BCUT2D eigenvalue weighted by Gasteiger charge is 2.15. The van der Waals surface area contributed by atoms with Crippen LogP contribution in [0.3, 0.4) is 0 Å². The first kappa shape index (κ1) is 12.9. The maximum atomic E-state index is 10.5. The van der Waals surface area contributed by atoms with Crippen LogP contribution in [0.2, 0.25) is 0 Å². The average Bonchev–Trinajstić information content (AvgIpc) is 2.10. The number of aliphatic carboxylic acids is 1. The van der Waals surface area contributed by atoms with Crippen LogP contribution in [0.4, 0.5) is 0 Å². The second kappa shape index (κ2) is 6.35. The van der Waals surface area contributed by atoms with Crippen LogP contribution < -0.4 is 0 Å². The van der Waals surface area contributed by atoms with E-state index in [1.165, 1.54) is 0 Å². The number of rotatable bonds is 6. The topological polar surface area (TPSA) is 67.6 Å². The molecule has 0 spiro atoms. The van der Waals surface area contributed by atoms with Gasteiger partial charge in [-0.3, -0.25) is 9.69 Å². The summed E-state index contributed by atoms with van der Waals surface area (Å²) in [4.78, 5) is 14.1. The van der Waals surface area contributed by atoms with Crippen molar-refractivity contribution in [3.8, 4) is 6.07 Å². The SMILES string of the molecule is CC(C#N)N(CCN(C)C)CC(=O)O. The van der Waals surface area contributed by atoms with Crippen molar-refractivity contribution < 1.29 is 9.90 Å². The number of carboxylic acids is 1. The number of likely N-dealkylation sites (N-methyl/N-ethyl adjacent to an activating group) is 1. The Balaban J connectivity index is 4.12. The second-order valence-electron chi connectivity index (χ2n) is 3.47. The van der Waals surface area contributed by atoms with E-state index in [1.54, 1.807) is 11.8 Å². The Kier molecular flexibility index (Phi) is 5.84. The van der Waals surface area contributed by atoms with Gasteiger partial charge in [0.1, 0.15) is 0 Å². The Morgan fingerprint density at radius 3 is 2.43 bits per heavy atom. The zero-order chi connectivity index (χ0) is 11.1. The molecule has 0 fully saturated rings. The van der Waals surface area contributed by atoms with Gasteiger partial charge < -0.3 is 10.0 Å². The lowest BCUT2D eigenvalue weighted by Gasteiger charge is -2.24. The fraction of sp³-hybridized carbons (Fsp3) is 0.778. The molecular formula is C9H17N3O2. The van der Waals surface area contributed by atoms with Crippen LogP contribution in [0.1, 0.15) is 6.92 Å². The van der Waals surface area contributed by atoms with Gasteiger partial charge in [-0.05, 0) is 21.0 Å². The number of nitriles is 1. The van der Waals surface area contributed by atoms with E-state index in [0.717, 1.165) is 6.54 Å². The van der Waals surface area contributed by atoms with E-state index in [1.807, 2.05) is 25.1 Å². The Bertz CT molecular complexity index is 223. The zero-order valence-electron chi connectivity index (χ0n) is 8.90. The molecule has 0 heterocycles. The number of hydrogen-bond donors (Lipinski definition) is 1. The van der Waals surface area contributed by atoms with Gasteiger partial charge in [0.05, 0.1) is 18.7 Å². The Labute approximate surface area is 84.5 Å². The highest BCUT2D eigenvalue weighted by molar-refractivity contribution is 5.69. The molecule has 14 heavy (non-hydrogen) atoms. The first-order valence-electron chi connectivity index (χ1n) is 4.47. The van der Waals surface area contributed by atoms with Gasteiger partial charge in [0.25, 0.3) is 0 Å². The molecule has 5 nitrogen and oxygen atoms in total. The number of nitrogens with zero attached hydrogens (tertiary/aromatic N) is 3. The van der Waals surface area contributed by atoms with Gasteiger partial charge >= 0.3 is 5.97 Å². The number of hydrogen-bond acceptors (Lipinski definition) is 4. The molecule has 0 aromatic carbocycles. The van der Waals surface area contributed by atoms with Crippen LogP contribution >= 0.6 is 0 Å². The second-order valence-corrected chi connectivity index (χ2v) is 3.47. The maximum Gasteiger partial charge on any atom is 0.317 e. The summed E-state index contributed by atoms with van der Waals surface area (Å²) in [6, 6.07) is 1.68. The first-order valence-corrected chi connectivity index (χ1v) is 4.47. The summed E-state index contributed by atoms with van der Waals surface area (Å²) in [7, 11) is 3.83. The predicted octanol–water partition coefficient (Wildman–Crippen LogP) is -0.153. The van der Waals surface area contributed by atoms with Gasteiger partial charge in [-0.15, -0.1) is 0 Å². The lowest BCUT2D eigenvalue weighted by Crippen LogP contribution is -2.40. The molecule has 0 bridgehead atoms. The maximum absolute atomic E-state index is 10.5. The molecule has 80 valence electrons. The lowest BCUT2D eigenvalue weighted by atomic mass is 10.3. The highest BCUT2D eigenvalue weighted by atomic mass is 16.4. The van der Waals surface area contributed by atoms with Crippen molar-refractivity contribution >= 4 is 5.97 Å². The van der Waals surface area contributed by atoms with Crippen LogP contribution in [0.15, 0.2) is 0 Å². The third-order valence-electron chi connectivity index (χ3n) is 1.91. The third kappa shape index (κ3) is 5.51. The molecule has 0 aliphatic heterocycles. The summed E-state index contributed by atoms with van der Waals surface area (Å²) in [5, 5.41) is 17.3. The fourth-order valence-electron chi connectivity index (χ4n) is 0.993. The smallest absolute Gasteiger partial charge is 0.317 e. The summed E-state index contributed by atoms with van der Waals surface area (Å²) in [6.07, 6.45) is 0. The summed E-state index contributed by atoms with van der Waals surface area (Å²) >= 11 is 0. The Hall–Kier alpha value is -1.12. The first-order chi connectivity index (χ1) is 6.47. The van der Waals surface area contributed by atoms with E-state index in [-0.39, 0.29) is 12.6 Å². The van der Waals surface area contributed by atoms with Crippen LogP contribution in [0.5, 0.6) is 0 Å². The summed E-state index contributed by atoms with van der Waals surface area (Å²) in [5.41, 5.74) is 0.